The van der Waals surface area contributed by atoms with Gasteiger partial charge in [0.05, 0.1) is 12.6 Å². The van der Waals surface area contributed by atoms with Gasteiger partial charge in [-0.2, -0.15) is 0 Å². The fourth-order valence-electron chi connectivity index (χ4n) is 3.98. The Balaban J connectivity index is 1.73. The van der Waals surface area contributed by atoms with Crippen molar-refractivity contribution in [2.45, 2.75) is 45.4 Å². The van der Waals surface area contributed by atoms with Crippen molar-refractivity contribution in [3.8, 4) is 0 Å². The molecule has 4 heteroatoms. The monoisotopic (exact) mass is 380 g/mol. The van der Waals surface area contributed by atoms with Crippen LogP contribution >= 0.6 is 0 Å². The molecule has 2 aromatic rings. The van der Waals surface area contributed by atoms with Gasteiger partial charge in [0.15, 0.2) is 0 Å². The third-order valence-corrected chi connectivity index (χ3v) is 5.10. The summed E-state index contributed by atoms with van der Waals surface area (Å²) < 4.78 is 5.49. The average Bonchev–Trinajstić information content (AvgIpc) is 2.64. The molecule has 0 aromatic heterocycles. The van der Waals surface area contributed by atoms with E-state index in [4.69, 9.17) is 4.74 Å². The van der Waals surface area contributed by atoms with Crippen LogP contribution in [0.5, 0.6) is 0 Å². The molecule has 0 spiro atoms. The first-order valence-electron chi connectivity index (χ1n) is 10.1. The molecular formula is C24H32N2O2. The molecule has 0 amide bonds. The Labute approximate surface area is 169 Å². The van der Waals surface area contributed by atoms with Gasteiger partial charge in [-0.1, -0.05) is 60.7 Å². The fourth-order valence-corrected chi connectivity index (χ4v) is 3.98. The number of carbonyl (C=O) groups is 1. The molecule has 0 saturated carbocycles. The molecule has 4 nitrogen and oxygen atoms in total. The second-order valence-electron chi connectivity index (χ2n) is 8.63. The van der Waals surface area contributed by atoms with Crippen LogP contribution in [-0.2, 0) is 9.53 Å². The van der Waals surface area contributed by atoms with Gasteiger partial charge in [0.2, 0.25) is 0 Å². The largest absolute Gasteiger partial charge is 0.459 e. The van der Waals surface area contributed by atoms with Crippen molar-refractivity contribution >= 4 is 5.97 Å². The quantitative estimate of drug-likeness (QED) is 0.731. The second kappa shape index (κ2) is 8.89. The molecule has 2 aromatic carbocycles. The highest BCUT2D eigenvalue weighted by atomic mass is 16.6. The van der Waals surface area contributed by atoms with E-state index >= 15 is 0 Å². The number of nitrogens with zero attached hydrogens (tertiary/aromatic N) is 2. The Morgan fingerprint density at radius 2 is 1.54 bits per heavy atom. The van der Waals surface area contributed by atoms with E-state index in [0.29, 0.717) is 12.6 Å². The van der Waals surface area contributed by atoms with E-state index in [1.165, 1.54) is 11.1 Å². The number of piperazine rings is 1. The fraction of sp³-hybridized carbons (Fsp3) is 0.458. The molecule has 1 saturated heterocycles. The molecule has 0 radical (unpaired) electrons. The van der Waals surface area contributed by atoms with Crippen molar-refractivity contribution in [3.05, 3.63) is 71.8 Å². The lowest BCUT2D eigenvalue weighted by molar-refractivity contribution is -0.156. The molecule has 1 aliphatic rings. The van der Waals surface area contributed by atoms with E-state index in [1.54, 1.807) is 0 Å². The minimum atomic E-state index is -0.434. The van der Waals surface area contributed by atoms with Gasteiger partial charge < -0.3 is 4.74 Å². The van der Waals surface area contributed by atoms with E-state index < -0.39 is 5.60 Å². The van der Waals surface area contributed by atoms with Gasteiger partial charge in [0.25, 0.3) is 0 Å². The lowest BCUT2D eigenvalue weighted by atomic mass is 9.95. The number of benzene rings is 2. The predicted octanol–water partition coefficient (Wildman–Crippen LogP) is 4.12. The first-order chi connectivity index (χ1) is 13.3. The van der Waals surface area contributed by atoms with Gasteiger partial charge in [0.1, 0.15) is 5.60 Å². The van der Waals surface area contributed by atoms with Gasteiger partial charge in [-0.3, -0.25) is 14.6 Å². The lowest BCUT2D eigenvalue weighted by Gasteiger charge is -2.44. The van der Waals surface area contributed by atoms with Crippen LogP contribution in [0.15, 0.2) is 60.7 Å². The van der Waals surface area contributed by atoms with E-state index in [1.807, 2.05) is 20.8 Å². The Kier molecular flexibility index (Phi) is 6.53. The van der Waals surface area contributed by atoms with E-state index in [-0.39, 0.29) is 12.0 Å². The van der Waals surface area contributed by atoms with Crippen molar-refractivity contribution in [3.63, 3.8) is 0 Å². The SMILES string of the molecule is CC1CN(CC(=O)OC(C)(C)C)CCN1C(c1ccccc1)c1ccccc1. The van der Waals surface area contributed by atoms with E-state index in [0.717, 1.165) is 19.6 Å². The Morgan fingerprint density at radius 1 is 1.00 bits per heavy atom. The zero-order chi connectivity index (χ0) is 20.1. The summed E-state index contributed by atoms with van der Waals surface area (Å²) in [6, 6.07) is 21.9. The van der Waals surface area contributed by atoms with Crippen LogP contribution in [0.2, 0.25) is 0 Å². The molecule has 1 fully saturated rings. The highest BCUT2D eigenvalue weighted by Crippen LogP contribution is 2.31. The summed E-state index contributed by atoms with van der Waals surface area (Å²) in [6.45, 7) is 11.0. The van der Waals surface area contributed by atoms with E-state index in [2.05, 4.69) is 77.4 Å². The van der Waals surface area contributed by atoms with Gasteiger partial charge in [-0.25, -0.2) is 0 Å². The maximum Gasteiger partial charge on any atom is 0.320 e. The average molecular weight is 381 g/mol. The summed E-state index contributed by atoms with van der Waals surface area (Å²) in [7, 11) is 0. The molecule has 28 heavy (non-hydrogen) atoms. The number of ether oxygens (including phenoxy) is 1. The molecular weight excluding hydrogens is 348 g/mol. The van der Waals surface area contributed by atoms with Crippen molar-refractivity contribution in [1.29, 1.82) is 0 Å². The topological polar surface area (TPSA) is 32.8 Å². The summed E-state index contributed by atoms with van der Waals surface area (Å²) in [5.74, 6) is -0.143. The third kappa shape index (κ3) is 5.43. The van der Waals surface area contributed by atoms with Crippen molar-refractivity contribution < 1.29 is 9.53 Å². The minimum absolute atomic E-state index is 0.143. The molecule has 0 bridgehead atoms. The summed E-state index contributed by atoms with van der Waals surface area (Å²) in [5.41, 5.74) is 2.18. The van der Waals surface area contributed by atoms with Gasteiger partial charge in [0, 0.05) is 25.7 Å². The maximum atomic E-state index is 12.2. The summed E-state index contributed by atoms with van der Waals surface area (Å²) >= 11 is 0. The van der Waals surface area contributed by atoms with Gasteiger partial charge >= 0.3 is 5.97 Å². The van der Waals surface area contributed by atoms with Gasteiger partial charge in [-0.05, 0) is 38.8 Å². The highest BCUT2D eigenvalue weighted by molar-refractivity contribution is 5.72. The van der Waals surface area contributed by atoms with Crippen molar-refractivity contribution in [2.75, 3.05) is 26.2 Å². The smallest absolute Gasteiger partial charge is 0.320 e. The molecule has 3 rings (SSSR count). The molecule has 0 N–H and O–H groups in total. The van der Waals surface area contributed by atoms with Crippen LogP contribution in [0.25, 0.3) is 0 Å². The lowest BCUT2D eigenvalue weighted by Crippen LogP contribution is -2.54. The Morgan fingerprint density at radius 3 is 2.00 bits per heavy atom. The molecule has 1 aliphatic heterocycles. The highest BCUT2D eigenvalue weighted by Gasteiger charge is 2.32. The third-order valence-electron chi connectivity index (χ3n) is 5.10. The number of hydrogen-bond donors (Lipinski definition) is 0. The van der Waals surface area contributed by atoms with Crippen LogP contribution in [0.4, 0.5) is 0 Å². The van der Waals surface area contributed by atoms with Crippen LogP contribution in [0.1, 0.15) is 44.9 Å². The Bertz CT molecular complexity index is 716. The predicted molar refractivity (Wildman–Crippen MR) is 113 cm³/mol. The molecule has 150 valence electrons. The summed E-state index contributed by atoms with van der Waals surface area (Å²) in [4.78, 5) is 17.0. The van der Waals surface area contributed by atoms with Crippen LogP contribution in [0, 0.1) is 0 Å². The molecule has 0 aliphatic carbocycles. The van der Waals surface area contributed by atoms with Crippen LogP contribution in [0.3, 0.4) is 0 Å². The molecule has 1 heterocycles. The second-order valence-corrected chi connectivity index (χ2v) is 8.63. The number of rotatable bonds is 5. The minimum Gasteiger partial charge on any atom is -0.459 e. The zero-order valence-electron chi connectivity index (χ0n) is 17.5. The Hall–Kier alpha value is -2.17. The first-order valence-corrected chi connectivity index (χ1v) is 10.1. The molecule has 1 atom stereocenters. The van der Waals surface area contributed by atoms with E-state index in [9.17, 15) is 4.79 Å². The summed E-state index contributed by atoms with van der Waals surface area (Å²) in [6.07, 6.45) is 0. The number of carbonyl (C=O) groups excluding carboxylic acids is 1. The maximum absolute atomic E-state index is 12.2. The van der Waals surface area contributed by atoms with Crippen molar-refractivity contribution in [2.24, 2.45) is 0 Å². The first kappa shape index (κ1) is 20.6. The van der Waals surface area contributed by atoms with Gasteiger partial charge in [-0.15, -0.1) is 0 Å². The molecule has 1 unspecified atom stereocenters. The number of hydrogen-bond acceptors (Lipinski definition) is 4. The number of esters is 1. The summed E-state index contributed by atoms with van der Waals surface area (Å²) in [5, 5.41) is 0. The van der Waals surface area contributed by atoms with Crippen LogP contribution in [-0.4, -0.2) is 53.6 Å². The van der Waals surface area contributed by atoms with Crippen LogP contribution < -0.4 is 0 Å². The standard InChI is InChI=1S/C24H32N2O2/c1-19-17-25(18-22(27)28-24(2,3)4)15-16-26(19)23(20-11-7-5-8-12-20)21-13-9-6-10-14-21/h5-14,19,23H,15-18H2,1-4H3. The zero-order valence-corrected chi connectivity index (χ0v) is 17.5. The van der Waals surface area contributed by atoms with Crippen molar-refractivity contribution in [1.82, 2.24) is 9.80 Å². The normalized spacial score (nSPS) is 19.0.